The third kappa shape index (κ3) is 4.88. The Morgan fingerprint density at radius 3 is 3.00 bits per heavy atom. The molecule has 0 spiro atoms. The van der Waals surface area contributed by atoms with E-state index in [0.717, 1.165) is 52.2 Å². The van der Waals surface area contributed by atoms with E-state index < -0.39 is 0 Å². The van der Waals surface area contributed by atoms with Crippen molar-refractivity contribution in [3.63, 3.8) is 0 Å². The number of nitrogens with one attached hydrogen (secondary N) is 1. The number of H-pyrrole nitrogens is 1. The van der Waals surface area contributed by atoms with Gasteiger partial charge in [0.2, 0.25) is 0 Å². The lowest BCUT2D eigenvalue weighted by atomic mass is 10.1. The minimum absolute atomic E-state index is 0.484. The number of aromatic nitrogens is 2. The lowest BCUT2D eigenvalue weighted by Crippen LogP contribution is -2.43. The number of nitrogens with zero attached hydrogens (tertiary/aromatic N) is 3. The Labute approximate surface area is 142 Å². The van der Waals surface area contributed by atoms with Gasteiger partial charge in [-0.3, -0.25) is 10.00 Å². The summed E-state index contributed by atoms with van der Waals surface area (Å²) in [5.74, 6) is 0. The van der Waals surface area contributed by atoms with Crippen LogP contribution in [-0.2, 0) is 11.2 Å². The molecule has 6 heteroatoms. The predicted octanol–water partition coefficient (Wildman–Crippen LogP) is 2.41. The molecule has 3 heterocycles. The molecule has 0 amide bonds. The number of hydrogen-bond acceptors (Lipinski definition) is 5. The van der Waals surface area contributed by atoms with Gasteiger partial charge in [0, 0.05) is 30.7 Å². The van der Waals surface area contributed by atoms with Crippen LogP contribution in [0.2, 0.25) is 0 Å². The number of ether oxygens (including phenoxy) is 1. The van der Waals surface area contributed by atoms with Crippen molar-refractivity contribution >= 4 is 11.3 Å². The molecule has 0 aromatic carbocycles. The summed E-state index contributed by atoms with van der Waals surface area (Å²) < 4.78 is 5.52. The summed E-state index contributed by atoms with van der Waals surface area (Å²) in [6.45, 7) is 5.96. The third-order valence-corrected chi connectivity index (χ3v) is 5.38. The van der Waals surface area contributed by atoms with E-state index in [0.29, 0.717) is 6.04 Å². The minimum Gasteiger partial charge on any atom is -0.379 e. The first-order chi connectivity index (χ1) is 11.3. The zero-order chi connectivity index (χ0) is 15.9. The van der Waals surface area contributed by atoms with E-state index in [1.54, 1.807) is 0 Å². The summed E-state index contributed by atoms with van der Waals surface area (Å²) in [6.07, 6.45) is 6.16. The van der Waals surface area contributed by atoms with Gasteiger partial charge in [-0.15, -0.1) is 11.3 Å². The van der Waals surface area contributed by atoms with Crippen molar-refractivity contribution < 1.29 is 4.74 Å². The quantitative estimate of drug-likeness (QED) is 0.805. The van der Waals surface area contributed by atoms with Crippen LogP contribution in [-0.4, -0.2) is 66.4 Å². The zero-order valence-corrected chi connectivity index (χ0v) is 14.6. The molecular formula is C17H26N4OS. The zero-order valence-electron chi connectivity index (χ0n) is 13.8. The Kier molecular flexibility index (Phi) is 6.21. The molecule has 1 saturated heterocycles. The van der Waals surface area contributed by atoms with E-state index in [9.17, 15) is 0 Å². The normalized spacial score (nSPS) is 17.7. The maximum atomic E-state index is 5.52. The Balaban J connectivity index is 1.52. The number of rotatable bonds is 8. The van der Waals surface area contributed by atoms with Crippen LogP contribution in [0.15, 0.2) is 29.9 Å². The van der Waals surface area contributed by atoms with Gasteiger partial charge >= 0.3 is 0 Å². The maximum Gasteiger partial charge on any atom is 0.0594 e. The van der Waals surface area contributed by atoms with Gasteiger partial charge in [-0.25, -0.2) is 0 Å². The number of morpholine rings is 1. The van der Waals surface area contributed by atoms with Crippen LogP contribution in [0.5, 0.6) is 0 Å². The minimum atomic E-state index is 0.484. The molecule has 2 aromatic heterocycles. The van der Waals surface area contributed by atoms with Crippen molar-refractivity contribution in [2.45, 2.75) is 18.9 Å². The van der Waals surface area contributed by atoms with Crippen molar-refractivity contribution in [1.29, 1.82) is 0 Å². The van der Waals surface area contributed by atoms with Crippen molar-refractivity contribution in [2.24, 2.45) is 0 Å². The van der Waals surface area contributed by atoms with Gasteiger partial charge in [-0.2, -0.15) is 5.10 Å². The van der Waals surface area contributed by atoms with Crippen LogP contribution in [0.4, 0.5) is 0 Å². The van der Waals surface area contributed by atoms with E-state index in [2.05, 4.69) is 44.6 Å². The van der Waals surface area contributed by atoms with Crippen molar-refractivity contribution in [3.05, 3.63) is 40.3 Å². The first-order valence-corrected chi connectivity index (χ1v) is 9.22. The molecule has 2 aromatic rings. The van der Waals surface area contributed by atoms with Crippen molar-refractivity contribution in [2.75, 3.05) is 46.4 Å². The number of aryl methyl sites for hydroxylation is 1. The Hall–Kier alpha value is -1.21. The van der Waals surface area contributed by atoms with Crippen LogP contribution < -0.4 is 0 Å². The van der Waals surface area contributed by atoms with Gasteiger partial charge in [-0.05, 0) is 43.4 Å². The second kappa shape index (κ2) is 8.59. The summed E-state index contributed by atoms with van der Waals surface area (Å²) in [5.41, 5.74) is 1.29. The average molecular weight is 334 g/mol. The third-order valence-electron chi connectivity index (χ3n) is 4.40. The van der Waals surface area contributed by atoms with Crippen LogP contribution in [0.1, 0.15) is 22.9 Å². The highest BCUT2D eigenvalue weighted by Crippen LogP contribution is 2.26. The summed E-state index contributed by atoms with van der Waals surface area (Å²) in [5, 5.41) is 9.07. The number of likely N-dealkylation sites (N-methyl/N-ethyl adjacent to an activating group) is 1. The lowest BCUT2D eigenvalue weighted by Gasteiger charge is -2.36. The summed E-state index contributed by atoms with van der Waals surface area (Å²) in [6, 6.07) is 4.91. The molecule has 23 heavy (non-hydrogen) atoms. The largest absolute Gasteiger partial charge is 0.379 e. The van der Waals surface area contributed by atoms with Gasteiger partial charge in [-0.1, -0.05) is 6.07 Å². The van der Waals surface area contributed by atoms with E-state index in [1.807, 2.05) is 23.7 Å². The first-order valence-electron chi connectivity index (χ1n) is 8.34. The molecule has 0 radical (unpaired) electrons. The molecule has 1 N–H and O–H groups in total. The monoisotopic (exact) mass is 334 g/mol. The van der Waals surface area contributed by atoms with E-state index >= 15 is 0 Å². The molecular weight excluding hydrogens is 308 g/mol. The van der Waals surface area contributed by atoms with Crippen LogP contribution in [0.3, 0.4) is 0 Å². The molecule has 126 valence electrons. The van der Waals surface area contributed by atoms with Crippen molar-refractivity contribution in [3.8, 4) is 0 Å². The summed E-state index contributed by atoms with van der Waals surface area (Å²) in [4.78, 5) is 6.50. The molecule has 0 saturated carbocycles. The summed E-state index contributed by atoms with van der Waals surface area (Å²) >= 11 is 1.87. The maximum absolute atomic E-state index is 5.52. The first kappa shape index (κ1) is 16.6. The Morgan fingerprint density at radius 2 is 2.30 bits per heavy atom. The van der Waals surface area contributed by atoms with Crippen LogP contribution in [0.25, 0.3) is 0 Å². The fourth-order valence-electron chi connectivity index (χ4n) is 3.11. The van der Waals surface area contributed by atoms with Crippen molar-refractivity contribution in [1.82, 2.24) is 20.0 Å². The molecule has 5 nitrogen and oxygen atoms in total. The number of thiophene rings is 1. The molecule has 3 rings (SSSR count). The molecule has 0 bridgehead atoms. The van der Waals surface area contributed by atoms with E-state index in [1.165, 1.54) is 10.4 Å². The van der Waals surface area contributed by atoms with Gasteiger partial charge in [0.05, 0.1) is 25.5 Å². The second-order valence-corrected chi connectivity index (χ2v) is 7.13. The van der Waals surface area contributed by atoms with Gasteiger partial charge in [0.1, 0.15) is 0 Å². The lowest BCUT2D eigenvalue weighted by molar-refractivity contribution is 0.0101. The molecule has 1 aliphatic heterocycles. The van der Waals surface area contributed by atoms with E-state index in [-0.39, 0.29) is 0 Å². The topological polar surface area (TPSA) is 44.4 Å². The molecule has 0 aliphatic carbocycles. The molecule has 1 fully saturated rings. The average Bonchev–Trinajstić information content (AvgIpc) is 3.27. The van der Waals surface area contributed by atoms with Gasteiger partial charge in [0.15, 0.2) is 0 Å². The number of aromatic amines is 1. The smallest absolute Gasteiger partial charge is 0.0594 e. The van der Waals surface area contributed by atoms with E-state index in [4.69, 9.17) is 4.74 Å². The summed E-state index contributed by atoms with van der Waals surface area (Å²) in [7, 11) is 2.23. The molecule has 1 atom stereocenters. The predicted molar refractivity (Wildman–Crippen MR) is 93.9 cm³/mol. The molecule has 1 aliphatic rings. The van der Waals surface area contributed by atoms with Crippen LogP contribution >= 0.6 is 11.3 Å². The highest BCUT2D eigenvalue weighted by molar-refractivity contribution is 7.10. The number of hydrogen-bond donors (Lipinski definition) is 1. The van der Waals surface area contributed by atoms with Gasteiger partial charge in [0.25, 0.3) is 0 Å². The molecule has 0 unspecified atom stereocenters. The Bertz CT molecular complexity index is 537. The SMILES string of the molecule is CN(CCCc1cn[nH]c1)C[C@H](c1cccs1)N1CCOCC1. The fourth-order valence-corrected chi connectivity index (χ4v) is 3.96. The van der Waals surface area contributed by atoms with Crippen LogP contribution in [0, 0.1) is 0 Å². The fraction of sp³-hybridized carbons (Fsp3) is 0.588. The highest BCUT2D eigenvalue weighted by atomic mass is 32.1. The Morgan fingerprint density at radius 1 is 1.43 bits per heavy atom. The highest BCUT2D eigenvalue weighted by Gasteiger charge is 2.24. The standard InChI is InChI=1S/C17H26N4OS/c1-20(6-2-4-15-12-18-19-13-15)14-16(17-5-3-11-23-17)21-7-9-22-10-8-21/h3,5,11-13,16H,2,4,6-10,14H2,1H3,(H,18,19)/t16-/m1/s1. The second-order valence-electron chi connectivity index (χ2n) is 6.15. The van der Waals surface area contributed by atoms with Gasteiger partial charge < -0.3 is 9.64 Å².